The Labute approximate surface area is 161 Å². The van der Waals surface area contributed by atoms with Crippen LogP contribution in [0, 0.1) is 17.2 Å². The zero-order chi connectivity index (χ0) is 18.6. The average molecular weight is 367 g/mol. The lowest BCUT2D eigenvalue weighted by atomic mass is 9.87. The van der Waals surface area contributed by atoms with Gasteiger partial charge in [0.25, 0.3) is 0 Å². The van der Waals surface area contributed by atoms with Gasteiger partial charge in [-0.1, -0.05) is 32.1 Å². The van der Waals surface area contributed by atoms with E-state index in [1.54, 1.807) is 13.3 Å². The highest BCUT2D eigenvalue weighted by Gasteiger charge is 2.24. The van der Waals surface area contributed by atoms with Crippen molar-refractivity contribution in [3.8, 4) is 6.07 Å². The van der Waals surface area contributed by atoms with Gasteiger partial charge in [0, 0.05) is 50.6 Å². The highest BCUT2D eigenvalue weighted by molar-refractivity contribution is 5.76. The van der Waals surface area contributed by atoms with Crippen LogP contribution in [0.2, 0.25) is 0 Å². The summed E-state index contributed by atoms with van der Waals surface area (Å²) >= 11 is 0. The van der Waals surface area contributed by atoms with Crippen LogP contribution in [-0.2, 0) is 17.8 Å². The predicted molar refractivity (Wildman–Crippen MR) is 104 cm³/mol. The molecule has 4 rings (SSSR count). The van der Waals surface area contributed by atoms with Crippen molar-refractivity contribution in [3.05, 3.63) is 23.8 Å². The first-order valence-corrected chi connectivity index (χ1v) is 10.3. The third-order valence-electron chi connectivity index (χ3n) is 6.25. The molecular weight excluding hydrogens is 338 g/mol. The summed E-state index contributed by atoms with van der Waals surface area (Å²) in [5.74, 6) is 1.08. The number of nitrogens with zero attached hydrogens (tertiary/aromatic N) is 5. The number of ether oxygens (including phenoxy) is 1. The van der Waals surface area contributed by atoms with E-state index in [4.69, 9.17) is 4.74 Å². The Bertz CT molecular complexity index is 818. The smallest absolute Gasteiger partial charge is 0.234 e. The molecular formula is C21H29N5O. The number of fused-ring (bicyclic) bond motifs is 1. The number of aromatic nitrogens is 3. The molecule has 0 radical (unpaired) electrons. The van der Waals surface area contributed by atoms with E-state index in [-0.39, 0.29) is 5.82 Å². The molecule has 2 aromatic rings. The summed E-state index contributed by atoms with van der Waals surface area (Å²) in [7, 11) is 1.80. The second-order valence-electron chi connectivity index (χ2n) is 8.05. The molecule has 0 aromatic carbocycles. The highest BCUT2D eigenvalue weighted by Crippen LogP contribution is 2.28. The van der Waals surface area contributed by atoms with Crippen LogP contribution in [0.3, 0.4) is 0 Å². The molecule has 2 fully saturated rings. The lowest BCUT2D eigenvalue weighted by Crippen LogP contribution is -2.24. The van der Waals surface area contributed by atoms with E-state index >= 15 is 0 Å². The van der Waals surface area contributed by atoms with Gasteiger partial charge in [0.1, 0.15) is 11.7 Å². The third kappa shape index (κ3) is 4.15. The van der Waals surface area contributed by atoms with E-state index in [0.717, 1.165) is 49.6 Å². The Hall–Kier alpha value is -1.97. The summed E-state index contributed by atoms with van der Waals surface area (Å²) in [6.45, 7) is 3.93. The maximum absolute atomic E-state index is 9.21. The van der Waals surface area contributed by atoms with Crippen LogP contribution >= 0.6 is 0 Å². The lowest BCUT2D eigenvalue weighted by molar-refractivity contribution is 0.107. The van der Waals surface area contributed by atoms with Gasteiger partial charge in [-0.05, 0) is 24.8 Å². The van der Waals surface area contributed by atoms with Crippen LogP contribution in [0.4, 0.5) is 0 Å². The Morgan fingerprint density at radius 1 is 1.26 bits per heavy atom. The van der Waals surface area contributed by atoms with Crippen molar-refractivity contribution < 1.29 is 4.74 Å². The summed E-state index contributed by atoms with van der Waals surface area (Å²) in [5, 5.41) is 10.2. The largest absolute Gasteiger partial charge is 0.380 e. The molecule has 27 heavy (non-hydrogen) atoms. The van der Waals surface area contributed by atoms with E-state index in [1.165, 1.54) is 44.2 Å². The van der Waals surface area contributed by atoms with Gasteiger partial charge >= 0.3 is 0 Å². The summed E-state index contributed by atoms with van der Waals surface area (Å²) in [6, 6.07) is 4.29. The van der Waals surface area contributed by atoms with Crippen molar-refractivity contribution in [1.82, 2.24) is 19.4 Å². The van der Waals surface area contributed by atoms with Gasteiger partial charge in [-0.3, -0.25) is 4.90 Å². The molecule has 1 saturated heterocycles. The zero-order valence-corrected chi connectivity index (χ0v) is 16.2. The molecule has 0 spiro atoms. The number of hydrogen-bond donors (Lipinski definition) is 0. The van der Waals surface area contributed by atoms with Crippen LogP contribution in [0.25, 0.3) is 11.0 Å². The van der Waals surface area contributed by atoms with Gasteiger partial charge in [0.15, 0.2) is 0 Å². The SMILES string of the molecule is COC1CCN(Cc2cc3cnc(C#N)nc3n2CCC2CCCCC2)C1. The van der Waals surface area contributed by atoms with Gasteiger partial charge in [0.2, 0.25) is 5.82 Å². The number of aryl methyl sites for hydroxylation is 1. The molecule has 0 bridgehead atoms. The molecule has 1 saturated carbocycles. The fourth-order valence-corrected chi connectivity index (χ4v) is 4.68. The van der Waals surface area contributed by atoms with E-state index in [2.05, 4.69) is 31.6 Å². The molecule has 0 amide bonds. The fourth-order valence-electron chi connectivity index (χ4n) is 4.68. The van der Waals surface area contributed by atoms with Crippen LogP contribution in [0.15, 0.2) is 12.3 Å². The van der Waals surface area contributed by atoms with Crippen LogP contribution in [0.5, 0.6) is 0 Å². The second kappa shape index (κ2) is 8.37. The molecule has 1 aliphatic heterocycles. The molecule has 0 N–H and O–H groups in total. The maximum atomic E-state index is 9.21. The normalized spacial score (nSPS) is 21.7. The highest BCUT2D eigenvalue weighted by atomic mass is 16.5. The van der Waals surface area contributed by atoms with Gasteiger partial charge in [-0.15, -0.1) is 0 Å². The van der Waals surface area contributed by atoms with E-state index in [9.17, 15) is 5.26 Å². The Kier molecular flexibility index (Phi) is 5.70. The minimum atomic E-state index is 0.256. The predicted octanol–water partition coefficient (Wildman–Crippen LogP) is 3.49. The van der Waals surface area contributed by atoms with E-state index in [1.807, 2.05) is 0 Å². The van der Waals surface area contributed by atoms with Gasteiger partial charge in [-0.25, -0.2) is 9.97 Å². The molecule has 2 aliphatic rings. The van der Waals surface area contributed by atoms with Crippen molar-refractivity contribution in [1.29, 1.82) is 5.26 Å². The van der Waals surface area contributed by atoms with Crippen LogP contribution < -0.4 is 0 Å². The second-order valence-corrected chi connectivity index (χ2v) is 8.05. The summed E-state index contributed by atoms with van der Waals surface area (Å²) < 4.78 is 7.86. The summed E-state index contributed by atoms with van der Waals surface area (Å²) in [4.78, 5) is 11.2. The van der Waals surface area contributed by atoms with Crippen LogP contribution in [0.1, 0.15) is 56.5 Å². The molecule has 3 heterocycles. The van der Waals surface area contributed by atoms with Crippen LogP contribution in [-0.4, -0.2) is 45.7 Å². The first-order chi connectivity index (χ1) is 13.3. The van der Waals surface area contributed by atoms with Gasteiger partial charge in [-0.2, -0.15) is 5.26 Å². The summed E-state index contributed by atoms with van der Waals surface area (Å²) in [5.41, 5.74) is 2.19. The maximum Gasteiger partial charge on any atom is 0.234 e. The van der Waals surface area contributed by atoms with Gasteiger partial charge in [0.05, 0.1) is 6.10 Å². The molecule has 2 aromatic heterocycles. The molecule has 6 heteroatoms. The number of rotatable bonds is 6. The monoisotopic (exact) mass is 367 g/mol. The summed E-state index contributed by atoms with van der Waals surface area (Å²) in [6.07, 6.45) is 11.3. The standard InChI is InChI=1S/C21H29N5O/c1-27-19-8-9-25(15-19)14-18-11-17-13-23-20(12-22)24-21(17)26(18)10-7-16-5-3-2-4-6-16/h11,13,16,19H,2-10,14-15H2,1H3. The number of hydrogen-bond acceptors (Lipinski definition) is 5. The third-order valence-corrected chi connectivity index (χ3v) is 6.25. The first kappa shape index (κ1) is 18.4. The van der Waals surface area contributed by atoms with Crippen molar-refractivity contribution >= 4 is 11.0 Å². The topological polar surface area (TPSA) is 67.0 Å². The fraction of sp³-hybridized carbons (Fsp3) is 0.667. The molecule has 1 aliphatic carbocycles. The van der Waals surface area contributed by atoms with Crippen molar-refractivity contribution in [2.75, 3.05) is 20.2 Å². The van der Waals surface area contributed by atoms with Crippen molar-refractivity contribution in [2.24, 2.45) is 5.92 Å². The number of methoxy groups -OCH3 is 1. The minimum Gasteiger partial charge on any atom is -0.380 e. The minimum absolute atomic E-state index is 0.256. The molecule has 1 unspecified atom stereocenters. The molecule has 144 valence electrons. The van der Waals surface area contributed by atoms with E-state index in [0.29, 0.717) is 6.10 Å². The average Bonchev–Trinajstić information content (AvgIpc) is 3.30. The molecule has 6 nitrogen and oxygen atoms in total. The molecule has 1 atom stereocenters. The number of nitriles is 1. The Morgan fingerprint density at radius 2 is 2.11 bits per heavy atom. The lowest BCUT2D eigenvalue weighted by Gasteiger charge is -2.23. The van der Waals surface area contributed by atoms with E-state index < -0.39 is 0 Å². The quantitative estimate of drug-likeness (QED) is 0.782. The van der Waals surface area contributed by atoms with Crippen molar-refractivity contribution in [3.63, 3.8) is 0 Å². The first-order valence-electron chi connectivity index (χ1n) is 10.3. The zero-order valence-electron chi connectivity index (χ0n) is 16.2. The Balaban J connectivity index is 1.57. The van der Waals surface area contributed by atoms with Crippen molar-refractivity contribution in [2.45, 2.75) is 64.1 Å². The van der Waals surface area contributed by atoms with Gasteiger partial charge < -0.3 is 9.30 Å². The number of likely N-dealkylation sites (tertiary alicyclic amines) is 1. The Morgan fingerprint density at radius 3 is 2.85 bits per heavy atom.